The van der Waals surface area contributed by atoms with Gasteiger partial charge in [0.2, 0.25) is 0 Å². The fourth-order valence-electron chi connectivity index (χ4n) is 0.632. The van der Waals surface area contributed by atoms with Gasteiger partial charge in [0.05, 0.1) is 0 Å². The van der Waals surface area contributed by atoms with Crippen LogP contribution in [0.5, 0.6) is 0 Å². The van der Waals surface area contributed by atoms with Gasteiger partial charge in [0.15, 0.2) is 0 Å². The number of aromatic nitrogens is 2. The van der Waals surface area contributed by atoms with Gasteiger partial charge >= 0.3 is 0 Å². The van der Waals surface area contributed by atoms with E-state index in [1.165, 1.54) is 6.33 Å². The average molecular weight is 190 g/mol. The van der Waals surface area contributed by atoms with Crippen molar-refractivity contribution in [1.82, 2.24) is 9.97 Å². The quantitative estimate of drug-likeness (QED) is 0.732. The molecule has 1 aromatic heterocycles. The van der Waals surface area contributed by atoms with Crippen LogP contribution in [-0.4, -0.2) is 9.97 Å². The lowest BCUT2D eigenvalue weighted by Crippen LogP contribution is -2.28. The first-order valence-electron chi connectivity index (χ1n) is 3.15. The molecule has 0 saturated heterocycles. The second-order valence-corrected chi connectivity index (χ2v) is 2.85. The molecule has 0 bridgehead atoms. The van der Waals surface area contributed by atoms with Crippen LogP contribution in [0.4, 0.5) is 0 Å². The van der Waals surface area contributed by atoms with Crippen LogP contribution >= 0.6 is 12.4 Å². The Morgan fingerprint density at radius 3 is 1.92 bits per heavy atom. The van der Waals surface area contributed by atoms with Crippen molar-refractivity contribution in [2.45, 2.75) is 26.8 Å². The fourth-order valence-corrected chi connectivity index (χ4v) is 0.632. The Hall–Kier alpha value is -0.670. The smallest absolute Gasteiger partial charge is 0.115 e. The molecule has 12 heavy (non-hydrogen) atoms. The molecule has 0 fully saturated rings. The van der Waals surface area contributed by atoms with E-state index in [2.05, 4.69) is 9.97 Å². The number of halogens is 1. The molecule has 0 aromatic carbocycles. The van der Waals surface area contributed by atoms with E-state index in [4.69, 9.17) is 5.73 Å². The molecule has 0 amide bonds. The summed E-state index contributed by atoms with van der Waals surface area (Å²) in [6, 6.07) is 0. The van der Waals surface area contributed by atoms with Gasteiger partial charge in [-0.25, -0.2) is 9.97 Å². The van der Waals surface area contributed by atoms with Gasteiger partial charge < -0.3 is 5.73 Å². The van der Waals surface area contributed by atoms with E-state index in [9.17, 15) is 0 Å². The van der Waals surface area contributed by atoms with Gasteiger partial charge in [-0.05, 0) is 13.8 Å². The molecule has 1 rings (SSSR count). The third-order valence-electron chi connectivity index (χ3n) is 1.30. The van der Waals surface area contributed by atoms with Gasteiger partial charge in [-0.1, -0.05) is 7.43 Å². The molecule has 0 spiro atoms. The lowest BCUT2D eigenvalue weighted by Gasteiger charge is -2.16. The minimum atomic E-state index is -0.332. The number of nitrogens with two attached hydrogens (primary N) is 1. The maximum absolute atomic E-state index is 5.78. The molecule has 1 heterocycles. The zero-order chi connectivity index (χ0) is 7.61. The van der Waals surface area contributed by atoms with E-state index in [-0.39, 0.29) is 25.4 Å². The Morgan fingerprint density at radius 2 is 1.67 bits per heavy atom. The van der Waals surface area contributed by atoms with Crippen LogP contribution in [0.25, 0.3) is 0 Å². The number of hydrogen-bond donors (Lipinski definition) is 1. The molecule has 0 aliphatic heterocycles. The highest BCUT2D eigenvalue weighted by molar-refractivity contribution is 5.85. The Morgan fingerprint density at radius 1 is 1.25 bits per heavy atom. The lowest BCUT2D eigenvalue weighted by atomic mass is 9.99. The van der Waals surface area contributed by atoms with Crippen molar-refractivity contribution in [3.05, 3.63) is 24.3 Å². The first-order valence-corrected chi connectivity index (χ1v) is 3.15. The summed E-state index contributed by atoms with van der Waals surface area (Å²) in [7, 11) is 0. The molecular weight excluding hydrogens is 174 g/mol. The predicted octanol–water partition coefficient (Wildman–Crippen LogP) is 1.73. The van der Waals surface area contributed by atoms with E-state index in [1.807, 2.05) is 13.8 Å². The van der Waals surface area contributed by atoms with E-state index in [0.29, 0.717) is 0 Å². The van der Waals surface area contributed by atoms with Gasteiger partial charge in [-0.15, -0.1) is 12.4 Å². The Bertz CT molecular complexity index is 205. The molecule has 0 unspecified atom stereocenters. The van der Waals surface area contributed by atoms with E-state index in [1.54, 1.807) is 12.4 Å². The van der Waals surface area contributed by atoms with Crippen LogP contribution in [-0.2, 0) is 5.54 Å². The van der Waals surface area contributed by atoms with Crippen LogP contribution in [0.1, 0.15) is 26.8 Å². The SMILES string of the molecule is C.CC(C)(N)c1cncnc1.Cl. The highest BCUT2D eigenvalue weighted by Crippen LogP contribution is 2.12. The van der Waals surface area contributed by atoms with Crippen LogP contribution in [0.3, 0.4) is 0 Å². The normalized spacial score (nSPS) is 9.58. The van der Waals surface area contributed by atoms with Gasteiger partial charge in [0, 0.05) is 23.5 Å². The average Bonchev–Trinajstić information content (AvgIpc) is 1.88. The predicted molar refractivity (Wildman–Crippen MR) is 53.2 cm³/mol. The molecule has 0 radical (unpaired) electrons. The summed E-state index contributed by atoms with van der Waals surface area (Å²) >= 11 is 0. The highest BCUT2D eigenvalue weighted by atomic mass is 35.5. The molecule has 4 heteroatoms. The number of rotatable bonds is 1. The number of hydrogen-bond acceptors (Lipinski definition) is 3. The van der Waals surface area contributed by atoms with Gasteiger partial charge in [0.1, 0.15) is 6.33 Å². The highest BCUT2D eigenvalue weighted by Gasteiger charge is 2.13. The molecule has 3 nitrogen and oxygen atoms in total. The van der Waals surface area contributed by atoms with Crippen molar-refractivity contribution in [3.63, 3.8) is 0 Å². The Balaban J connectivity index is 0. The molecule has 0 aliphatic carbocycles. The zero-order valence-corrected chi connectivity index (χ0v) is 7.43. The summed E-state index contributed by atoms with van der Waals surface area (Å²) in [6.07, 6.45) is 4.95. The standard InChI is InChI=1S/C7H11N3.CH4.ClH/c1-7(2,8)6-3-9-5-10-4-6;;/h3-5H,8H2,1-2H3;1H4;1H. The van der Waals surface area contributed by atoms with Crippen LogP contribution in [0.2, 0.25) is 0 Å². The van der Waals surface area contributed by atoms with E-state index < -0.39 is 0 Å². The third-order valence-corrected chi connectivity index (χ3v) is 1.30. The summed E-state index contributed by atoms with van der Waals surface area (Å²) in [5.74, 6) is 0. The molecule has 0 saturated carbocycles. The maximum Gasteiger partial charge on any atom is 0.115 e. The first kappa shape index (κ1) is 13.9. The summed E-state index contributed by atoms with van der Waals surface area (Å²) in [5, 5.41) is 0. The van der Waals surface area contributed by atoms with Crippen molar-refractivity contribution in [3.8, 4) is 0 Å². The van der Waals surface area contributed by atoms with E-state index >= 15 is 0 Å². The molecular formula is C8H16ClN3. The van der Waals surface area contributed by atoms with Gasteiger partial charge in [-0.2, -0.15) is 0 Å². The third kappa shape index (κ3) is 3.64. The maximum atomic E-state index is 5.78. The van der Waals surface area contributed by atoms with Crippen molar-refractivity contribution in [2.24, 2.45) is 5.73 Å². The Labute approximate surface area is 79.8 Å². The van der Waals surface area contributed by atoms with Crippen molar-refractivity contribution in [2.75, 3.05) is 0 Å². The summed E-state index contributed by atoms with van der Waals surface area (Å²) in [4.78, 5) is 7.72. The van der Waals surface area contributed by atoms with Crippen LogP contribution in [0.15, 0.2) is 18.7 Å². The summed E-state index contributed by atoms with van der Waals surface area (Å²) in [5.41, 5.74) is 6.40. The molecule has 0 aliphatic rings. The minimum Gasteiger partial charge on any atom is -0.322 e. The van der Waals surface area contributed by atoms with E-state index in [0.717, 1.165) is 5.56 Å². The van der Waals surface area contributed by atoms with Crippen molar-refractivity contribution < 1.29 is 0 Å². The monoisotopic (exact) mass is 189 g/mol. The molecule has 0 atom stereocenters. The molecule has 1 aromatic rings. The Kier molecular flexibility index (Phi) is 5.86. The topological polar surface area (TPSA) is 51.8 Å². The van der Waals surface area contributed by atoms with Crippen LogP contribution < -0.4 is 5.73 Å². The molecule has 2 N–H and O–H groups in total. The summed E-state index contributed by atoms with van der Waals surface area (Å²) < 4.78 is 0. The fraction of sp³-hybridized carbons (Fsp3) is 0.500. The van der Waals surface area contributed by atoms with Crippen LogP contribution in [0, 0.1) is 0 Å². The van der Waals surface area contributed by atoms with Gasteiger partial charge in [0.25, 0.3) is 0 Å². The minimum absolute atomic E-state index is 0. The lowest BCUT2D eigenvalue weighted by molar-refractivity contribution is 0.549. The largest absolute Gasteiger partial charge is 0.322 e. The summed E-state index contributed by atoms with van der Waals surface area (Å²) in [6.45, 7) is 3.84. The van der Waals surface area contributed by atoms with Crippen molar-refractivity contribution >= 4 is 12.4 Å². The second-order valence-electron chi connectivity index (χ2n) is 2.85. The first-order chi connectivity index (χ1) is 4.61. The molecule has 70 valence electrons. The second kappa shape index (κ2) is 5.06. The zero-order valence-electron chi connectivity index (χ0n) is 6.61. The number of nitrogens with zero attached hydrogens (tertiary/aromatic N) is 2. The van der Waals surface area contributed by atoms with Gasteiger partial charge in [-0.3, -0.25) is 0 Å². The van der Waals surface area contributed by atoms with Crippen molar-refractivity contribution in [1.29, 1.82) is 0 Å².